The van der Waals surface area contributed by atoms with Crippen LogP contribution in [0.1, 0.15) is 33.1 Å². The van der Waals surface area contributed by atoms with E-state index in [2.05, 4.69) is 27.9 Å². The van der Waals surface area contributed by atoms with Gasteiger partial charge in [-0.15, -0.1) is 0 Å². The van der Waals surface area contributed by atoms with Crippen molar-refractivity contribution >= 4 is 28.6 Å². The van der Waals surface area contributed by atoms with Gasteiger partial charge in [0.25, 0.3) is 0 Å². The Morgan fingerprint density at radius 1 is 1.47 bits per heavy atom. The maximum absolute atomic E-state index is 11.5. The van der Waals surface area contributed by atoms with Gasteiger partial charge >= 0.3 is 5.97 Å². The fourth-order valence-corrected chi connectivity index (χ4v) is 1.82. The van der Waals surface area contributed by atoms with Crippen LogP contribution in [0.25, 0.3) is 0 Å². The highest BCUT2D eigenvalue weighted by Crippen LogP contribution is 2.20. The fraction of sp³-hybridized carbons (Fsp3) is 0.909. The highest BCUT2D eigenvalue weighted by molar-refractivity contribution is 14.1. The summed E-state index contributed by atoms with van der Waals surface area (Å²) in [6.45, 7) is 6.55. The number of esters is 1. The number of hydrogen-bond donors (Lipinski definition) is 1. The maximum Gasteiger partial charge on any atom is 0.321 e. The van der Waals surface area contributed by atoms with Crippen molar-refractivity contribution in [2.45, 2.75) is 36.5 Å². The monoisotopic (exact) mass is 325 g/mol. The molecule has 0 aliphatic carbocycles. The van der Waals surface area contributed by atoms with Gasteiger partial charge < -0.3 is 10.1 Å². The number of rotatable bonds is 4. The van der Waals surface area contributed by atoms with Gasteiger partial charge in [0.15, 0.2) is 0 Å². The Labute approximate surface area is 105 Å². The molecule has 0 aromatic rings. The van der Waals surface area contributed by atoms with Crippen LogP contribution in [-0.2, 0) is 9.53 Å². The van der Waals surface area contributed by atoms with Crippen LogP contribution >= 0.6 is 22.6 Å². The van der Waals surface area contributed by atoms with Crippen LogP contribution in [0.4, 0.5) is 0 Å². The molecule has 0 atom stereocenters. The second-order valence-corrected chi connectivity index (χ2v) is 7.29. The van der Waals surface area contributed by atoms with Crippen molar-refractivity contribution in [1.29, 1.82) is 0 Å². The highest BCUT2D eigenvalue weighted by atomic mass is 127. The van der Waals surface area contributed by atoms with E-state index in [-0.39, 0.29) is 5.97 Å². The number of nitrogens with one attached hydrogen (secondary N) is 1. The Hall–Kier alpha value is 0.160. The Kier molecular flexibility index (Phi) is 5.32. The summed E-state index contributed by atoms with van der Waals surface area (Å²) in [5.74, 6) is 0.633. The standard InChI is InChI=1S/C11H20INO2/c1-11(2,12)10(14)15-8-5-9-3-6-13-7-4-9/h9,13H,3-8H2,1-2H3. The zero-order valence-corrected chi connectivity index (χ0v) is 11.7. The molecule has 1 aliphatic rings. The van der Waals surface area contributed by atoms with Crippen molar-refractivity contribution in [3.05, 3.63) is 0 Å². The minimum atomic E-state index is -0.397. The Balaban J connectivity index is 2.12. The third-order valence-corrected chi connectivity index (χ3v) is 3.14. The first kappa shape index (κ1) is 13.2. The third-order valence-electron chi connectivity index (χ3n) is 2.70. The maximum atomic E-state index is 11.5. The van der Waals surface area contributed by atoms with Crippen LogP contribution in [0.3, 0.4) is 0 Å². The third kappa shape index (κ3) is 5.15. The molecule has 0 amide bonds. The van der Waals surface area contributed by atoms with E-state index in [1.807, 2.05) is 13.8 Å². The minimum absolute atomic E-state index is 0.1000. The van der Waals surface area contributed by atoms with Crippen LogP contribution in [-0.4, -0.2) is 29.1 Å². The summed E-state index contributed by atoms with van der Waals surface area (Å²) in [5, 5.41) is 3.33. The minimum Gasteiger partial charge on any atom is -0.465 e. The molecule has 1 heterocycles. The molecule has 1 aliphatic heterocycles. The van der Waals surface area contributed by atoms with Gasteiger partial charge in [0.2, 0.25) is 0 Å². The van der Waals surface area contributed by atoms with Gasteiger partial charge in [0.05, 0.1) is 6.61 Å². The lowest BCUT2D eigenvalue weighted by Crippen LogP contribution is -2.30. The summed E-state index contributed by atoms with van der Waals surface area (Å²) in [5.41, 5.74) is 0. The molecule has 0 saturated carbocycles. The van der Waals surface area contributed by atoms with Crippen LogP contribution < -0.4 is 5.32 Å². The van der Waals surface area contributed by atoms with Crippen molar-refractivity contribution in [2.75, 3.05) is 19.7 Å². The van der Waals surface area contributed by atoms with E-state index in [1.165, 1.54) is 12.8 Å². The van der Waals surface area contributed by atoms with Crippen LogP contribution in [0.15, 0.2) is 0 Å². The molecular formula is C11H20INO2. The average molecular weight is 325 g/mol. The lowest BCUT2D eigenvalue weighted by molar-refractivity contribution is -0.145. The van der Waals surface area contributed by atoms with Crippen molar-refractivity contribution in [2.24, 2.45) is 5.92 Å². The number of ether oxygens (including phenoxy) is 1. The van der Waals surface area contributed by atoms with Gasteiger partial charge in [0.1, 0.15) is 3.42 Å². The molecule has 3 nitrogen and oxygen atoms in total. The van der Waals surface area contributed by atoms with E-state index in [0.717, 1.165) is 25.4 Å². The smallest absolute Gasteiger partial charge is 0.321 e. The predicted octanol–water partition coefficient (Wildman–Crippen LogP) is 2.13. The van der Waals surface area contributed by atoms with Gasteiger partial charge in [-0.1, -0.05) is 22.6 Å². The van der Waals surface area contributed by atoms with Gasteiger partial charge in [-0.05, 0) is 52.1 Å². The van der Waals surface area contributed by atoms with Crippen LogP contribution in [0, 0.1) is 5.92 Å². The lowest BCUT2D eigenvalue weighted by Gasteiger charge is -2.23. The number of hydrogen-bond acceptors (Lipinski definition) is 3. The lowest BCUT2D eigenvalue weighted by atomic mass is 9.95. The molecule has 0 radical (unpaired) electrons. The normalized spacial score (nSPS) is 18.9. The first-order chi connectivity index (χ1) is 7.00. The summed E-state index contributed by atoms with van der Waals surface area (Å²) in [6.07, 6.45) is 3.44. The molecule has 1 N–H and O–H groups in total. The second-order valence-electron chi connectivity index (χ2n) is 4.59. The predicted molar refractivity (Wildman–Crippen MR) is 69.3 cm³/mol. The van der Waals surface area contributed by atoms with Gasteiger partial charge in [-0.25, -0.2) is 0 Å². The largest absolute Gasteiger partial charge is 0.465 e. The fourth-order valence-electron chi connectivity index (χ4n) is 1.66. The van der Waals surface area contributed by atoms with E-state index in [1.54, 1.807) is 0 Å². The van der Waals surface area contributed by atoms with Crippen molar-refractivity contribution in [3.8, 4) is 0 Å². The molecule has 0 spiro atoms. The number of halogens is 1. The summed E-state index contributed by atoms with van der Waals surface area (Å²) in [7, 11) is 0. The summed E-state index contributed by atoms with van der Waals surface area (Å²) in [4.78, 5) is 11.5. The van der Waals surface area contributed by atoms with Gasteiger partial charge in [0, 0.05) is 0 Å². The Morgan fingerprint density at radius 2 is 2.07 bits per heavy atom. The zero-order valence-electron chi connectivity index (χ0n) is 9.51. The molecule has 0 aromatic heterocycles. The van der Waals surface area contributed by atoms with Gasteiger partial charge in [-0.2, -0.15) is 0 Å². The Morgan fingerprint density at radius 3 is 2.60 bits per heavy atom. The molecule has 1 rings (SSSR count). The number of carbonyl (C=O) groups is 1. The first-order valence-corrected chi connectivity index (χ1v) is 6.65. The van der Waals surface area contributed by atoms with Crippen LogP contribution in [0.2, 0.25) is 0 Å². The van der Waals surface area contributed by atoms with Crippen LogP contribution in [0.5, 0.6) is 0 Å². The summed E-state index contributed by atoms with van der Waals surface area (Å²) >= 11 is 2.11. The molecule has 1 saturated heterocycles. The van der Waals surface area contributed by atoms with Crippen molar-refractivity contribution in [3.63, 3.8) is 0 Å². The summed E-state index contributed by atoms with van der Waals surface area (Å²) < 4.78 is 4.85. The van der Waals surface area contributed by atoms with E-state index < -0.39 is 3.42 Å². The number of carbonyl (C=O) groups excluding carboxylic acids is 1. The van der Waals surface area contributed by atoms with E-state index in [9.17, 15) is 4.79 Å². The second kappa shape index (κ2) is 6.03. The molecule has 0 unspecified atom stereocenters. The molecular weight excluding hydrogens is 305 g/mol. The summed E-state index contributed by atoms with van der Waals surface area (Å²) in [6, 6.07) is 0. The number of piperidine rings is 1. The topological polar surface area (TPSA) is 38.3 Å². The zero-order chi connectivity index (χ0) is 11.3. The Bertz CT molecular complexity index is 207. The SMILES string of the molecule is CC(C)(I)C(=O)OCCC1CCNCC1. The molecule has 15 heavy (non-hydrogen) atoms. The quantitative estimate of drug-likeness (QED) is 0.489. The number of alkyl halides is 1. The molecule has 1 fully saturated rings. The molecule has 0 bridgehead atoms. The van der Waals surface area contributed by atoms with Crippen molar-refractivity contribution in [1.82, 2.24) is 5.32 Å². The van der Waals surface area contributed by atoms with Gasteiger partial charge in [-0.3, -0.25) is 4.79 Å². The van der Waals surface area contributed by atoms with Crippen molar-refractivity contribution < 1.29 is 9.53 Å². The average Bonchev–Trinajstić information content (AvgIpc) is 2.18. The van der Waals surface area contributed by atoms with E-state index in [4.69, 9.17) is 4.74 Å². The first-order valence-electron chi connectivity index (χ1n) is 5.57. The van der Waals surface area contributed by atoms with E-state index >= 15 is 0 Å². The molecule has 0 aromatic carbocycles. The highest BCUT2D eigenvalue weighted by Gasteiger charge is 2.25. The molecule has 4 heteroatoms. The molecule has 88 valence electrons. The van der Waals surface area contributed by atoms with E-state index in [0.29, 0.717) is 6.61 Å².